The van der Waals surface area contributed by atoms with Gasteiger partial charge in [-0.25, -0.2) is 0 Å². The molecule has 2 aromatic carbocycles. The Balaban J connectivity index is 2.10. The summed E-state index contributed by atoms with van der Waals surface area (Å²) in [5.41, 5.74) is 2.29. The summed E-state index contributed by atoms with van der Waals surface area (Å²) in [7, 11) is 0. The van der Waals surface area contributed by atoms with Gasteiger partial charge in [-0.05, 0) is 23.6 Å². The Kier molecular flexibility index (Phi) is 5.51. The normalized spacial score (nSPS) is 11.6. The highest BCUT2D eigenvalue weighted by atomic mass is 16.5. The Labute approximate surface area is 125 Å². The van der Waals surface area contributed by atoms with Crippen LogP contribution in [0.5, 0.6) is 0 Å². The van der Waals surface area contributed by atoms with Crippen molar-refractivity contribution >= 4 is 0 Å². The van der Waals surface area contributed by atoms with Gasteiger partial charge in [0.05, 0.1) is 31.8 Å². The summed E-state index contributed by atoms with van der Waals surface area (Å²) >= 11 is 0. The van der Waals surface area contributed by atoms with Crippen LogP contribution in [0.25, 0.3) is 0 Å². The summed E-state index contributed by atoms with van der Waals surface area (Å²) in [6, 6.07) is 17.7. The van der Waals surface area contributed by atoms with Gasteiger partial charge in [-0.3, -0.25) is 0 Å². The number of aliphatic hydroxyl groups excluding tert-OH is 2. The predicted molar refractivity (Wildman–Crippen MR) is 83.1 cm³/mol. The molecular formula is C18H22O3. The Hall–Kier alpha value is -1.68. The summed E-state index contributed by atoms with van der Waals surface area (Å²) in [4.78, 5) is 0. The van der Waals surface area contributed by atoms with Crippen molar-refractivity contribution in [1.29, 1.82) is 0 Å². The maximum absolute atomic E-state index is 9.81. The van der Waals surface area contributed by atoms with E-state index in [0.717, 1.165) is 16.7 Å². The van der Waals surface area contributed by atoms with Gasteiger partial charge in [-0.1, -0.05) is 54.6 Å². The lowest BCUT2D eigenvalue weighted by Gasteiger charge is -2.31. The molecule has 0 aromatic heterocycles. The first-order valence-electron chi connectivity index (χ1n) is 7.11. The first-order chi connectivity index (χ1) is 10.2. The third-order valence-corrected chi connectivity index (χ3v) is 3.81. The van der Waals surface area contributed by atoms with Crippen molar-refractivity contribution in [2.24, 2.45) is 0 Å². The molecule has 0 spiro atoms. The van der Waals surface area contributed by atoms with E-state index in [1.807, 2.05) is 61.5 Å². The fraction of sp³-hybridized carbons (Fsp3) is 0.333. The van der Waals surface area contributed by atoms with Crippen LogP contribution in [0.3, 0.4) is 0 Å². The van der Waals surface area contributed by atoms with Crippen LogP contribution in [-0.4, -0.2) is 30.0 Å². The number of hydrogen-bond donors (Lipinski definition) is 2. The molecule has 0 unspecified atom stereocenters. The minimum atomic E-state index is -0.764. The monoisotopic (exact) mass is 286 g/mol. The topological polar surface area (TPSA) is 49.7 Å². The Morgan fingerprint density at radius 2 is 1.52 bits per heavy atom. The second-order valence-electron chi connectivity index (χ2n) is 5.39. The first kappa shape index (κ1) is 15.7. The lowest BCUT2D eigenvalue weighted by molar-refractivity contribution is 0.0128. The van der Waals surface area contributed by atoms with Gasteiger partial charge in [0.2, 0.25) is 0 Å². The second-order valence-corrected chi connectivity index (χ2v) is 5.39. The van der Waals surface area contributed by atoms with Crippen LogP contribution >= 0.6 is 0 Å². The Morgan fingerprint density at radius 1 is 0.905 bits per heavy atom. The van der Waals surface area contributed by atoms with E-state index in [-0.39, 0.29) is 19.8 Å². The molecule has 0 saturated heterocycles. The predicted octanol–water partition coefficient (Wildman–Crippen LogP) is 2.43. The minimum Gasteiger partial charge on any atom is -0.395 e. The van der Waals surface area contributed by atoms with Crippen molar-refractivity contribution in [1.82, 2.24) is 0 Å². The van der Waals surface area contributed by atoms with Gasteiger partial charge in [0.1, 0.15) is 0 Å². The number of ether oxygens (including phenoxy) is 1. The molecule has 0 amide bonds. The number of rotatable bonds is 7. The van der Waals surface area contributed by atoms with Crippen molar-refractivity contribution in [2.75, 3.05) is 19.8 Å². The Bertz CT molecular complexity index is 547. The van der Waals surface area contributed by atoms with Crippen molar-refractivity contribution in [3.63, 3.8) is 0 Å². The van der Waals surface area contributed by atoms with Crippen LogP contribution < -0.4 is 0 Å². The number of hydrogen-bond acceptors (Lipinski definition) is 3. The third kappa shape index (κ3) is 3.70. The molecular weight excluding hydrogens is 264 g/mol. The summed E-state index contributed by atoms with van der Waals surface area (Å²) in [5.74, 6) is 0. The molecule has 0 fully saturated rings. The quantitative estimate of drug-likeness (QED) is 0.822. The summed E-state index contributed by atoms with van der Waals surface area (Å²) in [6.07, 6.45) is 0. The fourth-order valence-electron chi connectivity index (χ4n) is 2.50. The van der Waals surface area contributed by atoms with E-state index in [4.69, 9.17) is 4.74 Å². The maximum Gasteiger partial charge on any atom is 0.0717 e. The Morgan fingerprint density at radius 3 is 2.14 bits per heavy atom. The van der Waals surface area contributed by atoms with E-state index in [9.17, 15) is 10.2 Å². The second kappa shape index (κ2) is 7.36. The van der Waals surface area contributed by atoms with Crippen LogP contribution in [0.4, 0.5) is 0 Å². The SMILES string of the molecule is Cc1ccccc1C(CO)(CO)COCc1ccccc1. The number of aryl methyl sites for hydroxylation is 1. The highest BCUT2D eigenvalue weighted by molar-refractivity contribution is 5.34. The van der Waals surface area contributed by atoms with Gasteiger partial charge in [-0.15, -0.1) is 0 Å². The molecule has 0 atom stereocenters. The van der Waals surface area contributed by atoms with E-state index < -0.39 is 5.41 Å². The number of benzene rings is 2. The van der Waals surface area contributed by atoms with E-state index in [0.29, 0.717) is 6.61 Å². The van der Waals surface area contributed by atoms with Gasteiger partial charge >= 0.3 is 0 Å². The average Bonchev–Trinajstić information content (AvgIpc) is 2.54. The highest BCUT2D eigenvalue weighted by Gasteiger charge is 2.32. The van der Waals surface area contributed by atoms with Crippen molar-refractivity contribution in [2.45, 2.75) is 18.9 Å². The van der Waals surface area contributed by atoms with Gasteiger partial charge in [0.25, 0.3) is 0 Å². The van der Waals surface area contributed by atoms with E-state index in [2.05, 4.69) is 0 Å². The molecule has 0 aliphatic carbocycles. The molecule has 3 nitrogen and oxygen atoms in total. The molecule has 2 rings (SSSR count). The van der Waals surface area contributed by atoms with Gasteiger partial charge < -0.3 is 14.9 Å². The van der Waals surface area contributed by atoms with Crippen molar-refractivity contribution < 1.29 is 14.9 Å². The molecule has 21 heavy (non-hydrogen) atoms. The zero-order valence-electron chi connectivity index (χ0n) is 12.3. The standard InChI is InChI=1S/C18H22O3/c1-15-7-5-6-10-17(15)18(12-19,13-20)14-21-11-16-8-3-2-4-9-16/h2-10,19-20H,11-14H2,1H3. The molecule has 0 radical (unpaired) electrons. The lowest BCUT2D eigenvalue weighted by Crippen LogP contribution is -2.40. The van der Waals surface area contributed by atoms with Crippen molar-refractivity contribution in [3.05, 3.63) is 71.3 Å². The van der Waals surface area contributed by atoms with Crippen LogP contribution in [-0.2, 0) is 16.8 Å². The third-order valence-electron chi connectivity index (χ3n) is 3.81. The zero-order chi connectivity index (χ0) is 15.1. The molecule has 2 aromatic rings. The maximum atomic E-state index is 9.81. The van der Waals surface area contributed by atoms with Crippen LogP contribution in [0, 0.1) is 6.92 Å². The molecule has 0 aliphatic rings. The molecule has 2 N–H and O–H groups in total. The summed E-state index contributed by atoms with van der Waals surface area (Å²) < 4.78 is 5.76. The van der Waals surface area contributed by atoms with Gasteiger partial charge in [0.15, 0.2) is 0 Å². The zero-order valence-corrected chi connectivity index (χ0v) is 12.3. The minimum absolute atomic E-state index is 0.150. The molecule has 0 aliphatic heterocycles. The van der Waals surface area contributed by atoms with E-state index in [1.54, 1.807) is 0 Å². The summed E-state index contributed by atoms with van der Waals surface area (Å²) in [6.45, 7) is 2.42. The molecule has 0 saturated carbocycles. The highest BCUT2D eigenvalue weighted by Crippen LogP contribution is 2.27. The van der Waals surface area contributed by atoms with E-state index >= 15 is 0 Å². The van der Waals surface area contributed by atoms with Gasteiger partial charge in [0, 0.05) is 0 Å². The molecule has 112 valence electrons. The largest absolute Gasteiger partial charge is 0.395 e. The van der Waals surface area contributed by atoms with Crippen LogP contribution in [0.1, 0.15) is 16.7 Å². The van der Waals surface area contributed by atoms with Crippen LogP contribution in [0.2, 0.25) is 0 Å². The van der Waals surface area contributed by atoms with Crippen molar-refractivity contribution in [3.8, 4) is 0 Å². The average molecular weight is 286 g/mol. The molecule has 3 heteroatoms. The fourth-order valence-corrected chi connectivity index (χ4v) is 2.50. The molecule has 0 bridgehead atoms. The van der Waals surface area contributed by atoms with Crippen LogP contribution in [0.15, 0.2) is 54.6 Å². The number of aliphatic hydroxyl groups is 2. The first-order valence-corrected chi connectivity index (χ1v) is 7.11. The lowest BCUT2D eigenvalue weighted by atomic mass is 9.80. The smallest absolute Gasteiger partial charge is 0.0717 e. The summed E-state index contributed by atoms with van der Waals surface area (Å²) in [5, 5.41) is 19.6. The van der Waals surface area contributed by atoms with E-state index in [1.165, 1.54) is 0 Å². The molecule has 0 heterocycles. The van der Waals surface area contributed by atoms with Gasteiger partial charge in [-0.2, -0.15) is 0 Å².